The van der Waals surface area contributed by atoms with Crippen LogP contribution in [0.5, 0.6) is 0 Å². The van der Waals surface area contributed by atoms with E-state index in [1.807, 2.05) is 28.8 Å². The van der Waals surface area contributed by atoms with Gasteiger partial charge in [0.25, 0.3) is 0 Å². The number of hydrogen-bond donors (Lipinski definition) is 1. The third kappa shape index (κ3) is 4.06. The van der Waals surface area contributed by atoms with Gasteiger partial charge in [-0.3, -0.25) is 4.79 Å². The zero-order valence-corrected chi connectivity index (χ0v) is 13.0. The van der Waals surface area contributed by atoms with Crippen molar-refractivity contribution in [2.45, 2.75) is 12.7 Å². The highest BCUT2D eigenvalue weighted by atomic mass is 19.4. The molecular weight excluding hydrogens is 331 g/mol. The van der Waals surface area contributed by atoms with Crippen LogP contribution in [0, 0.1) is 0 Å². The van der Waals surface area contributed by atoms with Crippen LogP contribution >= 0.6 is 0 Å². The Kier molecular flexibility index (Phi) is 4.56. The number of benzene rings is 1. The van der Waals surface area contributed by atoms with Crippen LogP contribution in [-0.4, -0.2) is 15.3 Å². The first kappa shape index (κ1) is 16.8. The second-order valence-electron chi connectivity index (χ2n) is 5.36. The SMILES string of the molecule is O=C(/C=C/c1cnc2ccccn12)NCc1cccc(C(F)(F)F)c1. The van der Waals surface area contributed by atoms with Gasteiger partial charge in [-0.2, -0.15) is 13.2 Å². The molecule has 3 rings (SSSR count). The summed E-state index contributed by atoms with van der Waals surface area (Å²) in [4.78, 5) is 16.1. The summed E-state index contributed by atoms with van der Waals surface area (Å²) in [5, 5.41) is 2.57. The van der Waals surface area contributed by atoms with Gasteiger partial charge in [0.1, 0.15) is 5.65 Å². The smallest absolute Gasteiger partial charge is 0.348 e. The van der Waals surface area contributed by atoms with Crippen LogP contribution in [-0.2, 0) is 17.5 Å². The fraction of sp³-hybridized carbons (Fsp3) is 0.111. The number of nitrogens with one attached hydrogen (secondary N) is 1. The largest absolute Gasteiger partial charge is 0.416 e. The van der Waals surface area contributed by atoms with E-state index in [-0.39, 0.29) is 6.54 Å². The predicted molar refractivity (Wildman–Crippen MR) is 87.5 cm³/mol. The predicted octanol–water partition coefficient (Wildman–Crippen LogP) is 3.68. The molecule has 4 nitrogen and oxygen atoms in total. The van der Waals surface area contributed by atoms with E-state index in [0.717, 1.165) is 23.5 Å². The van der Waals surface area contributed by atoms with E-state index in [1.165, 1.54) is 18.2 Å². The third-order valence-electron chi connectivity index (χ3n) is 3.57. The Morgan fingerprint density at radius 3 is 2.84 bits per heavy atom. The number of nitrogens with zero attached hydrogens (tertiary/aromatic N) is 2. The maximum absolute atomic E-state index is 12.7. The minimum Gasteiger partial charge on any atom is -0.348 e. The molecular formula is C18H14F3N3O. The van der Waals surface area contributed by atoms with Crippen molar-refractivity contribution in [2.24, 2.45) is 0 Å². The first-order valence-corrected chi connectivity index (χ1v) is 7.47. The van der Waals surface area contributed by atoms with Crippen molar-refractivity contribution in [3.05, 3.63) is 77.8 Å². The molecule has 0 saturated carbocycles. The number of imidazole rings is 1. The highest BCUT2D eigenvalue weighted by Crippen LogP contribution is 2.29. The lowest BCUT2D eigenvalue weighted by atomic mass is 10.1. The van der Waals surface area contributed by atoms with Crippen molar-refractivity contribution >= 4 is 17.6 Å². The lowest BCUT2D eigenvalue weighted by Crippen LogP contribution is -2.20. The molecule has 0 atom stereocenters. The molecule has 0 aliphatic rings. The Bertz CT molecular complexity index is 928. The maximum atomic E-state index is 12.7. The van der Waals surface area contributed by atoms with E-state index in [2.05, 4.69) is 10.3 Å². The van der Waals surface area contributed by atoms with Crippen molar-refractivity contribution in [1.29, 1.82) is 0 Å². The normalized spacial score (nSPS) is 12.0. The summed E-state index contributed by atoms with van der Waals surface area (Å²) in [6, 6.07) is 10.4. The van der Waals surface area contributed by atoms with E-state index in [4.69, 9.17) is 0 Å². The van der Waals surface area contributed by atoms with Gasteiger partial charge in [-0.1, -0.05) is 18.2 Å². The first-order valence-electron chi connectivity index (χ1n) is 7.47. The second-order valence-corrected chi connectivity index (χ2v) is 5.36. The summed E-state index contributed by atoms with van der Waals surface area (Å²) in [5.74, 6) is -0.400. The van der Waals surface area contributed by atoms with Crippen LogP contribution in [0.15, 0.2) is 60.9 Å². The summed E-state index contributed by atoms with van der Waals surface area (Å²) >= 11 is 0. The van der Waals surface area contributed by atoms with Gasteiger partial charge in [0.15, 0.2) is 0 Å². The number of carbonyl (C=O) groups is 1. The lowest BCUT2D eigenvalue weighted by Gasteiger charge is -2.08. The molecule has 3 aromatic rings. The molecule has 0 saturated heterocycles. The van der Waals surface area contributed by atoms with E-state index >= 15 is 0 Å². The molecule has 1 aromatic carbocycles. The molecule has 1 amide bonds. The monoisotopic (exact) mass is 345 g/mol. The summed E-state index contributed by atoms with van der Waals surface area (Å²) in [5.41, 5.74) is 1.13. The van der Waals surface area contributed by atoms with E-state index < -0.39 is 17.6 Å². The molecule has 128 valence electrons. The summed E-state index contributed by atoms with van der Waals surface area (Å²) in [7, 11) is 0. The minimum atomic E-state index is -4.40. The molecule has 7 heteroatoms. The Morgan fingerprint density at radius 1 is 1.20 bits per heavy atom. The van der Waals surface area contributed by atoms with Crippen molar-refractivity contribution in [1.82, 2.24) is 14.7 Å². The van der Waals surface area contributed by atoms with Gasteiger partial charge in [0.2, 0.25) is 5.91 Å². The van der Waals surface area contributed by atoms with Gasteiger partial charge in [-0.25, -0.2) is 4.98 Å². The van der Waals surface area contributed by atoms with Crippen LogP contribution in [0.25, 0.3) is 11.7 Å². The molecule has 1 N–H and O–H groups in total. The molecule has 0 aliphatic carbocycles. The standard InChI is InChI=1S/C18H14F3N3O/c19-18(20,21)14-5-3-4-13(10-14)11-23-17(25)8-7-15-12-22-16-6-1-2-9-24(15)16/h1-10,12H,11H2,(H,23,25)/b8-7+. The number of aromatic nitrogens is 2. The number of hydrogen-bond acceptors (Lipinski definition) is 2. The molecule has 0 unspecified atom stereocenters. The van der Waals surface area contributed by atoms with Gasteiger partial charge in [0, 0.05) is 18.8 Å². The molecule has 0 spiro atoms. The van der Waals surface area contributed by atoms with E-state index in [0.29, 0.717) is 5.56 Å². The van der Waals surface area contributed by atoms with Crippen molar-refractivity contribution in [3.63, 3.8) is 0 Å². The topological polar surface area (TPSA) is 46.4 Å². The molecule has 2 heterocycles. The lowest BCUT2D eigenvalue weighted by molar-refractivity contribution is -0.137. The zero-order valence-electron chi connectivity index (χ0n) is 13.0. The van der Waals surface area contributed by atoms with Crippen LogP contribution in [0.2, 0.25) is 0 Å². The Morgan fingerprint density at radius 2 is 2.04 bits per heavy atom. The zero-order chi connectivity index (χ0) is 17.9. The molecule has 25 heavy (non-hydrogen) atoms. The molecule has 0 bridgehead atoms. The van der Waals surface area contributed by atoms with Crippen LogP contribution < -0.4 is 5.32 Å². The molecule has 0 aliphatic heterocycles. The number of rotatable bonds is 4. The van der Waals surface area contributed by atoms with Gasteiger partial charge < -0.3 is 9.72 Å². The van der Waals surface area contributed by atoms with Gasteiger partial charge in [-0.15, -0.1) is 0 Å². The molecule has 0 radical (unpaired) electrons. The number of fused-ring (bicyclic) bond motifs is 1. The van der Waals surface area contributed by atoms with Crippen molar-refractivity contribution in [3.8, 4) is 0 Å². The van der Waals surface area contributed by atoms with Crippen LogP contribution in [0.1, 0.15) is 16.8 Å². The van der Waals surface area contributed by atoms with Gasteiger partial charge in [0.05, 0.1) is 17.5 Å². The highest BCUT2D eigenvalue weighted by molar-refractivity contribution is 5.91. The van der Waals surface area contributed by atoms with E-state index in [1.54, 1.807) is 12.3 Å². The quantitative estimate of drug-likeness (QED) is 0.733. The second kappa shape index (κ2) is 6.80. The Hall–Kier alpha value is -3.09. The third-order valence-corrected chi connectivity index (χ3v) is 3.57. The average molecular weight is 345 g/mol. The molecule has 0 fully saturated rings. The van der Waals surface area contributed by atoms with Crippen molar-refractivity contribution < 1.29 is 18.0 Å². The van der Waals surface area contributed by atoms with Gasteiger partial charge in [-0.05, 0) is 35.9 Å². The summed E-state index contributed by atoms with van der Waals surface area (Å²) in [6.45, 7) is 0.0141. The number of amides is 1. The molecule has 2 aromatic heterocycles. The number of alkyl halides is 3. The fourth-order valence-corrected chi connectivity index (χ4v) is 2.34. The Balaban J connectivity index is 1.63. The number of carbonyl (C=O) groups excluding carboxylic acids is 1. The average Bonchev–Trinajstić information content (AvgIpc) is 3.01. The van der Waals surface area contributed by atoms with Crippen LogP contribution in [0.3, 0.4) is 0 Å². The first-order chi connectivity index (χ1) is 11.9. The number of halogens is 3. The van der Waals surface area contributed by atoms with Crippen molar-refractivity contribution in [2.75, 3.05) is 0 Å². The van der Waals surface area contributed by atoms with E-state index in [9.17, 15) is 18.0 Å². The Labute approximate surface area is 141 Å². The highest BCUT2D eigenvalue weighted by Gasteiger charge is 2.30. The summed E-state index contributed by atoms with van der Waals surface area (Å²) in [6.07, 6.45) is 1.98. The number of pyridine rings is 1. The minimum absolute atomic E-state index is 0.0141. The summed E-state index contributed by atoms with van der Waals surface area (Å²) < 4.78 is 39.8. The maximum Gasteiger partial charge on any atom is 0.416 e. The van der Waals surface area contributed by atoms with Crippen LogP contribution in [0.4, 0.5) is 13.2 Å². The fourth-order valence-electron chi connectivity index (χ4n) is 2.34. The van der Waals surface area contributed by atoms with Gasteiger partial charge >= 0.3 is 6.18 Å².